The molecule has 2 heterocycles. The Kier molecular flexibility index (Phi) is 7.90. The number of carbonyl (C=O) groups is 4. The lowest BCUT2D eigenvalue weighted by atomic mass is 9.98. The van der Waals surface area contributed by atoms with Gasteiger partial charge in [0.25, 0.3) is 0 Å². The standard InChI is InChI=1S/C22H25F2NO10/c1-10(26)30-9-16-17(31-11(2)27)18(32-12(3)28)19(33-13(4)29)20(34-16)35-21-22(23,24)14-7-5-6-8-15(14)25-21/h5-8,16-21,25H,9H2,1-4H3/t16-,17-,18+,19-,20-,21?/m1/s1. The molecule has 1 fully saturated rings. The number of hydrogen-bond donors (Lipinski definition) is 1. The lowest BCUT2D eigenvalue weighted by Gasteiger charge is -2.44. The summed E-state index contributed by atoms with van der Waals surface area (Å²) in [6.07, 6.45) is -9.59. The van der Waals surface area contributed by atoms with Crippen LogP contribution in [0, 0.1) is 0 Å². The van der Waals surface area contributed by atoms with Crippen molar-refractivity contribution in [3.05, 3.63) is 29.8 Å². The molecular formula is C22H25F2NO10. The van der Waals surface area contributed by atoms with E-state index in [-0.39, 0.29) is 11.3 Å². The molecule has 0 aliphatic carbocycles. The molecule has 2 aliphatic rings. The fourth-order valence-electron chi connectivity index (χ4n) is 3.82. The van der Waals surface area contributed by atoms with Gasteiger partial charge in [0.2, 0.25) is 6.29 Å². The van der Waals surface area contributed by atoms with Gasteiger partial charge in [-0.25, -0.2) is 0 Å². The zero-order chi connectivity index (χ0) is 25.9. The van der Waals surface area contributed by atoms with Gasteiger partial charge in [0.15, 0.2) is 24.5 Å². The molecule has 0 spiro atoms. The van der Waals surface area contributed by atoms with Crippen LogP contribution in [0.1, 0.15) is 33.3 Å². The van der Waals surface area contributed by atoms with E-state index < -0.39 is 73.3 Å². The number of nitrogens with one attached hydrogen (secondary N) is 1. The zero-order valence-corrected chi connectivity index (χ0v) is 19.3. The third-order valence-electron chi connectivity index (χ3n) is 5.12. The summed E-state index contributed by atoms with van der Waals surface area (Å²) < 4.78 is 62.1. The summed E-state index contributed by atoms with van der Waals surface area (Å²) in [7, 11) is 0. The van der Waals surface area contributed by atoms with Crippen LogP contribution in [0.3, 0.4) is 0 Å². The van der Waals surface area contributed by atoms with Gasteiger partial charge in [-0.3, -0.25) is 19.2 Å². The highest BCUT2D eigenvalue weighted by Gasteiger charge is 2.57. The Bertz CT molecular complexity index is 987. The Morgan fingerprint density at radius 1 is 0.886 bits per heavy atom. The summed E-state index contributed by atoms with van der Waals surface area (Å²) in [5.41, 5.74) is -0.205. The molecule has 0 amide bonds. The van der Waals surface area contributed by atoms with Crippen LogP contribution in [0.25, 0.3) is 0 Å². The first-order valence-corrected chi connectivity index (χ1v) is 10.6. The highest BCUT2D eigenvalue weighted by Crippen LogP contribution is 2.45. The molecule has 35 heavy (non-hydrogen) atoms. The highest BCUT2D eigenvalue weighted by atomic mass is 19.3. The smallest absolute Gasteiger partial charge is 0.318 e. The van der Waals surface area contributed by atoms with Crippen LogP contribution < -0.4 is 5.32 Å². The Morgan fingerprint density at radius 2 is 1.46 bits per heavy atom. The minimum Gasteiger partial charge on any atom is -0.463 e. The summed E-state index contributed by atoms with van der Waals surface area (Å²) in [4.78, 5) is 46.8. The predicted molar refractivity (Wildman–Crippen MR) is 111 cm³/mol. The first kappa shape index (κ1) is 26.3. The minimum absolute atomic E-state index is 0.119. The molecule has 0 bridgehead atoms. The van der Waals surface area contributed by atoms with Crippen molar-refractivity contribution in [1.82, 2.24) is 0 Å². The molecule has 0 radical (unpaired) electrons. The predicted octanol–water partition coefficient (Wildman–Crippen LogP) is 1.63. The second-order valence-electron chi connectivity index (χ2n) is 7.90. The molecule has 1 saturated heterocycles. The van der Waals surface area contributed by atoms with E-state index in [4.69, 9.17) is 28.4 Å². The maximum atomic E-state index is 15.1. The number of anilines is 1. The molecule has 0 saturated carbocycles. The maximum Gasteiger partial charge on any atom is 0.318 e. The summed E-state index contributed by atoms with van der Waals surface area (Å²) in [6, 6.07) is 5.64. The minimum atomic E-state index is -3.52. The molecule has 11 nitrogen and oxygen atoms in total. The molecule has 1 aromatic rings. The number of fused-ring (bicyclic) bond motifs is 1. The van der Waals surface area contributed by atoms with E-state index in [2.05, 4.69) is 5.32 Å². The number of alkyl halides is 2. The lowest BCUT2D eigenvalue weighted by molar-refractivity contribution is -0.327. The lowest BCUT2D eigenvalue weighted by Crippen LogP contribution is -2.63. The van der Waals surface area contributed by atoms with E-state index in [0.717, 1.165) is 27.7 Å². The number of rotatable bonds is 7. The first-order valence-electron chi connectivity index (χ1n) is 10.6. The molecule has 3 rings (SSSR count). The van der Waals surface area contributed by atoms with Gasteiger partial charge < -0.3 is 33.7 Å². The van der Waals surface area contributed by atoms with Crippen LogP contribution in [0.4, 0.5) is 14.5 Å². The van der Waals surface area contributed by atoms with E-state index in [1.807, 2.05) is 0 Å². The van der Waals surface area contributed by atoms with Crippen molar-refractivity contribution >= 4 is 29.6 Å². The van der Waals surface area contributed by atoms with Crippen molar-refractivity contribution in [2.24, 2.45) is 0 Å². The Morgan fingerprint density at radius 3 is 2.03 bits per heavy atom. The Labute approximate surface area is 198 Å². The van der Waals surface area contributed by atoms with E-state index in [0.29, 0.717) is 0 Å². The van der Waals surface area contributed by atoms with Crippen LogP contribution in [0.15, 0.2) is 24.3 Å². The van der Waals surface area contributed by atoms with Gasteiger partial charge in [-0.15, -0.1) is 0 Å². The number of ether oxygens (including phenoxy) is 6. The van der Waals surface area contributed by atoms with Crippen molar-refractivity contribution in [3.8, 4) is 0 Å². The average molecular weight is 501 g/mol. The zero-order valence-electron chi connectivity index (χ0n) is 19.3. The Hall–Kier alpha value is -3.32. The summed E-state index contributed by atoms with van der Waals surface area (Å²) in [5.74, 6) is -6.77. The van der Waals surface area contributed by atoms with Crippen molar-refractivity contribution in [2.75, 3.05) is 11.9 Å². The van der Waals surface area contributed by atoms with Crippen LogP contribution in [0.2, 0.25) is 0 Å². The number of hydrogen-bond acceptors (Lipinski definition) is 11. The highest BCUT2D eigenvalue weighted by molar-refractivity contribution is 5.68. The molecule has 13 heteroatoms. The van der Waals surface area contributed by atoms with Crippen LogP contribution in [0.5, 0.6) is 0 Å². The van der Waals surface area contributed by atoms with Gasteiger partial charge in [-0.05, 0) is 6.07 Å². The van der Waals surface area contributed by atoms with Gasteiger partial charge in [0.1, 0.15) is 12.7 Å². The van der Waals surface area contributed by atoms with E-state index in [9.17, 15) is 19.2 Å². The summed E-state index contributed by atoms with van der Waals surface area (Å²) >= 11 is 0. The molecule has 1 unspecified atom stereocenters. The van der Waals surface area contributed by atoms with Gasteiger partial charge >= 0.3 is 29.8 Å². The summed E-state index contributed by atoms with van der Waals surface area (Å²) in [6.45, 7) is 3.75. The van der Waals surface area contributed by atoms with Crippen molar-refractivity contribution < 1.29 is 56.4 Å². The number of halogens is 2. The van der Waals surface area contributed by atoms with Crippen LogP contribution in [-0.4, -0.2) is 67.4 Å². The van der Waals surface area contributed by atoms with E-state index >= 15 is 8.78 Å². The molecule has 0 aromatic heterocycles. The van der Waals surface area contributed by atoms with Crippen LogP contribution >= 0.6 is 0 Å². The second-order valence-corrected chi connectivity index (χ2v) is 7.90. The first-order chi connectivity index (χ1) is 16.4. The number of benzene rings is 1. The van der Waals surface area contributed by atoms with Crippen molar-refractivity contribution in [3.63, 3.8) is 0 Å². The van der Waals surface area contributed by atoms with E-state index in [1.165, 1.54) is 18.2 Å². The quantitative estimate of drug-likeness (QED) is 0.431. The fourth-order valence-corrected chi connectivity index (χ4v) is 3.82. The molecule has 6 atom stereocenters. The van der Waals surface area contributed by atoms with Crippen molar-refractivity contribution in [2.45, 2.75) is 70.6 Å². The largest absolute Gasteiger partial charge is 0.463 e. The van der Waals surface area contributed by atoms with Crippen LogP contribution in [-0.2, 0) is 53.5 Å². The molecule has 1 aromatic carbocycles. The third-order valence-corrected chi connectivity index (χ3v) is 5.12. The third kappa shape index (κ3) is 6.03. The van der Waals surface area contributed by atoms with Gasteiger partial charge in [-0.2, -0.15) is 8.78 Å². The molecule has 1 N–H and O–H groups in total. The maximum absolute atomic E-state index is 15.1. The van der Waals surface area contributed by atoms with Gasteiger partial charge in [0, 0.05) is 38.9 Å². The fraction of sp³-hybridized carbons (Fsp3) is 0.545. The monoisotopic (exact) mass is 501 g/mol. The topological polar surface area (TPSA) is 136 Å². The molecule has 2 aliphatic heterocycles. The summed E-state index contributed by atoms with van der Waals surface area (Å²) in [5, 5.41) is 2.54. The SMILES string of the molecule is CC(=O)OC[C@H]1O[C@H](OC2Nc3ccccc3C2(F)F)[C@H](OC(C)=O)[C@@H](OC(C)=O)[C@@H]1OC(C)=O. The number of carbonyl (C=O) groups excluding carboxylic acids is 4. The Balaban J connectivity index is 1.97. The molecule has 192 valence electrons. The number of esters is 4. The molecular weight excluding hydrogens is 476 g/mol. The second kappa shape index (κ2) is 10.5. The average Bonchev–Trinajstić information content (AvgIpc) is 3.00. The van der Waals surface area contributed by atoms with Crippen molar-refractivity contribution in [1.29, 1.82) is 0 Å². The van der Waals surface area contributed by atoms with Gasteiger partial charge in [0.05, 0.1) is 0 Å². The van der Waals surface area contributed by atoms with E-state index in [1.54, 1.807) is 6.07 Å². The normalized spacial score (nSPS) is 28.7. The van der Waals surface area contributed by atoms with Gasteiger partial charge in [-0.1, -0.05) is 18.2 Å². The number of para-hydroxylation sites is 1.